The summed E-state index contributed by atoms with van der Waals surface area (Å²) in [7, 11) is 0. The second kappa shape index (κ2) is 6.79. The molecule has 0 aromatic heterocycles. The van der Waals surface area contributed by atoms with Crippen molar-refractivity contribution in [3.8, 4) is 0 Å². The molecule has 0 bridgehead atoms. The van der Waals surface area contributed by atoms with Crippen molar-refractivity contribution >= 4 is 11.9 Å². The summed E-state index contributed by atoms with van der Waals surface area (Å²) in [5.41, 5.74) is 0.477. The number of carbonyl (C=O) groups excluding carboxylic acids is 1. The third-order valence-corrected chi connectivity index (χ3v) is 5.69. The number of hydrogen-bond acceptors (Lipinski definition) is 3. The summed E-state index contributed by atoms with van der Waals surface area (Å²) < 4.78 is 5.77. The van der Waals surface area contributed by atoms with Crippen molar-refractivity contribution in [2.24, 2.45) is 16.7 Å². The van der Waals surface area contributed by atoms with Crippen molar-refractivity contribution in [2.75, 3.05) is 19.7 Å². The lowest BCUT2D eigenvalue weighted by atomic mass is 9.87. The van der Waals surface area contributed by atoms with E-state index in [1.54, 1.807) is 0 Å². The van der Waals surface area contributed by atoms with Crippen molar-refractivity contribution < 1.29 is 19.4 Å². The van der Waals surface area contributed by atoms with Crippen molar-refractivity contribution in [2.45, 2.75) is 39.7 Å². The topological polar surface area (TPSA) is 66.8 Å². The smallest absolute Gasteiger partial charge is 0.307 e. The molecular formula is C20H27NO4. The highest BCUT2D eigenvalue weighted by Gasteiger charge is 2.59. The van der Waals surface area contributed by atoms with Gasteiger partial charge in [-0.1, -0.05) is 30.3 Å². The monoisotopic (exact) mass is 345 g/mol. The van der Waals surface area contributed by atoms with Crippen LogP contribution in [-0.4, -0.2) is 41.6 Å². The first-order valence-corrected chi connectivity index (χ1v) is 8.98. The molecule has 1 heterocycles. The molecule has 1 atom stereocenters. The summed E-state index contributed by atoms with van der Waals surface area (Å²) in [6, 6.07) is 9.93. The molecule has 1 amide bonds. The number of aliphatic carboxylic acids is 1. The van der Waals surface area contributed by atoms with Gasteiger partial charge in [-0.25, -0.2) is 0 Å². The van der Waals surface area contributed by atoms with Crippen LogP contribution in [0.2, 0.25) is 0 Å². The molecule has 1 saturated carbocycles. The van der Waals surface area contributed by atoms with E-state index >= 15 is 0 Å². The number of benzene rings is 1. The van der Waals surface area contributed by atoms with Crippen LogP contribution in [0.3, 0.4) is 0 Å². The third kappa shape index (κ3) is 3.87. The first-order valence-electron chi connectivity index (χ1n) is 8.98. The molecule has 3 rings (SSSR count). The van der Waals surface area contributed by atoms with Crippen LogP contribution < -0.4 is 0 Å². The molecule has 1 unspecified atom stereocenters. The summed E-state index contributed by atoms with van der Waals surface area (Å²) >= 11 is 0. The third-order valence-electron chi connectivity index (χ3n) is 5.69. The summed E-state index contributed by atoms with van der Waals surface area (Å²) in [5, 5.41) is 9.17. The zero-order valence-corrected chi connectivity index (χ0v) is 15.0. The Labute approximate surface area is 149 Å². The number of likely N-dealkylation sites (tertiary alicyclic amines) is 1. The number of rotatable bonds is 6. The van der Waals surface area contributed by atoms with Gasteiger partial charge in [0.25, 0.3) is 0 Å². The van der Waals surface area contributed by atoms with Gasteiger partial charge in [-0.15, -0.1) is 0 Å². The molecule has 136 valence electrons. The molecule has 1 aromatic carbocycles. The highest BCUT2D eigenvalue weighted by molar-refractivity contribution is 5.82. The molecule has 1 aliphatic carbocycles. The van der Waals surface area contributed by atoms with Gasteiger partial charge in [-0.3, -0.25) is 9.59 Å². The van der Waals surface area contributed by atoms with Gasteiger partial charge in [-0.2, -0.15) is 0 Å². The number of carboxylic acids is 1. The molecule has 1 N–H and O–H groups in total. The summed E-state index contributed by atoms with van der Waals surface area (Å²) in [5.74, 6) is -0.788. The zero-order valence-electron chi connectivity index (χ0n) is 15.0. The molecule has 1 aromatic rings. The van der Waals surface area contributed by atoms with E-state index in [0.29, 0.717) is 26.3 Å². The van der Waals surface area contributed by atoms with Gasteiger partial charge in [0, 0.05) is 13.1 Å². The average molecular weight is 345 g/mol. The fourth-order valence-electron chi connectivity index (χ4n) is 3.89. The first-order chi connectivity index (χ1) is 11.8. The summed E-state index contributed by atoms with van der Waals surface area (Å²) in [6.45, 7) is 6.03. The minimum Gasteiger partial charge on any atom is -0.481 e. The predicted molar refractivity (Wildman–Crippen MR) is 93.9 cm³/mol. The molecular weight excluding hydrogens is 318 g/mol. The van der Waals surface area contributed by atoms with E-state index in [1.165, 1.54) is 0 Å². The Bertz CT molecular complexity index is 632. The minimum atomic E-state index is -0.686. The van der Waals surface area contributed by atoms with Crippen LogP contribution in [0, 0.1) is 16.7 Å². The van der Waals surface area contributed by atoms with Crippen LogP contribution in [0.1, 0.15) is 38.7 Å². The maximum absolute atomic E-state index is 12.8. The quantitative estimate of drug-likeness (QED) is 0.861. The highest BCUT2D eigenvalue weighted by Crippen LogP contribution is 2.59. The van der Waals surface area contributed by atoms with E-state index in [1.807, 2.05) is 49.1 Å². The second-order valence-electron chi connectivity index (χ2n) is 8.11. The van der Waals surface area contributed by atoms with Gasteiger partial charge < -0.3 is 14.7 Å². The van der Waals surface area contributed by atoms with Gasteiger partial charge in [0.1, 0.15) is 0 Å². The normalized spacial score (nSPS) is 22.0. The lowest BCUT2D eigenvalue weighted by Gasteiger charge is -2.37. The Balaban J connectivity index is 1.48. The number of amides is 1. The van der Waals surface area contributed by atoms with Crippen LogP contribution in [0.5, 0.6) is 0 Å². The van der Waals surface area contributed by atoms with Gasteiger partial charge in [-0.05, 0) is 44.1 Å². The Morgan fingerprint density at radius 1 is 1.24 bits per heavy atom. The van der Waals surface area contributed by atoms with Crippen molar-refractivity contribution in [1.29, 1.82) is 0 Å². The number of hydrogen-bond donors (Lipinski definition) is 1. The van der Waals surface area contributed by atoms with E-state index < -0.39 is 11.4 Å². The molecule has 2 aliphatic rings. The molecule has 1 saturated heterocycles. The van der Waals surface area contributed by atoms with Gasteiger partial charge in [0.2, 0.25) is 5.91 Å². The van der Waals surface area contributed by atoms with Crippen LogP contribution >= 0.6 is 0 Å². The molecule has 5 nitrogen and oxygen atoms in total. The lowest BCUT2D eigenvalue weighted by molar-refractivity contribution is -0.146. The molecule has 25 heavy (non-hydrogen) atoms. The van der Waals surface area contributed by atoms with E-state index in [4.69, 9.17) is 9.84 Å². The summed E-state index contributed by atoms with van der Waals surface area (Å²) in [4.78, 5) is 25.9. The van der Waals surface area contributed by atoms with Gasteiger partial charge in [0.15, 0.2) is 0 Å². The van der Waals surface area contributed by atoms with E-state index in [2.05, 4.69) is 0 Å². The predicted octanol–water partition coefficient (Wildman–Crippen LogP) is 2.94. The lowest BCUT2D eigenvalue weighted by Crippen LogP contribution is -2.47. The fourth-order valence-corrected chi connectivity index (χ4v) is 3.89. The molecule has 5 heteroatoms. The number of nitrogens with zero attached hydrogens (tertiary/aromatic N) is 1. The van der Waals surface area contributed by atoms with Crippen molar-refractivity contribution in [1.82, 2.24) is 4.90 Å². The van der Waals surface area contributed by atoms with Gasteiger partial charge in [0.05, 0.1) is 24.5 Å². The average Bonchev–Trinajstić information content (AvgIpc) is 3.30. The van der Waals surface area contributed by atoms with Crippen LogP contribution in [-0.2, 0) is 20.9 Å². The Morgan fingerprint density at radius 3 is 2.44 bits per heavy atom. The van der Waals surface area contributed by atoms with E-state index in [9.17, 15) is 9.59 Å². The number of ether oxygens (including phenoxy) is 1. The molecule has 0 radical (unpaired) electrons. The fraction of sp³-hybridized carbons (Fsp3) is 0.600. The Kier molecular flexibility index (Phi) is 4.87. The Hall–Kier alpha value is -1.88. The largest absolute Gasteiger partial charge is 0.481 e. The molecule has 1 aliphatic heterocycles. The number of carbonyl (C=O) groups is 2. The summed E-state index contributed by atoms with van der Waals surface area (Å²) in [6.07, 6.45) is 2.38. The Morgan fingerprint density at radius 2 is 1.88 bits per heavy atom. The van der Waals surface area contributed by atoms with Gasteiger partial charge >= 0.3 is 5.97 Å². The van der Waals surface area contributed by atoms with Crippen LogP contribution in [0.4, 0.5) is 0 Å². The van der Waals surface area contributed by atoms with Crippen LogP contribution in [0.15, 0.2) is 30.3 Å². The van der Waals surface area contributed by atoms with Crippen molar-refractivity contribution in [3.63, 3.8) is 0 Å². The molecule has 2 fully saturated rings. The zero-order chi connectivity index (χ0) is 18.1. The van der Waals surface area contributed by atoms with Crippen molar-refractivity contribution in [3.05, 3.63) is 35.9 Å². The second-order valence-corrected chi connectivity index (χ2v) is 8.11. The standard InChI is InChI=1S/C20H27NO4/c1-19(2,14-25-13-15-6-4-3-5-7-15)18(24)21-10-8-20(9-11-21)12-16(20)17(22)23/h3-7,16H,8-14H2,1-2H3,(H,22,23). The van der Waals surface area contributed by atoms with Crippen LogP contribution in [0.25, 0.3) is 0 Å². The molecule has 1 spiro atoms. The minimum absolute atomic E-state index is 0.0451. The number of piperidine rings is 1. The van der Waals surface area contributed by atoms with E-state index in [0.717, 1.165) is 24.8 Å². The number of carboxylic acid groups (broad SMARTS) is 1. The maximum atomic E-state index is 12.8. The maximum Gasteiger partial charge on any atom is 0.307 e. The highest BCUT2D eigenvalue weighted by atomic mass is 16.5. The first kappa shape index (κ1) is 17.9. The van der Waals surface area contributed by atoms with E-state index in [-0.39, 0.29) is 17.2 Å². The SMILES string of the molecule is CC(C)(COCc1ccccc1)C(=O)N1CCC2(CC1)CC2C(=O)O.